The Morgan fingerprint density at radius 1 is 0.923 bits per heavy atom. The molecular weight excluding hydrogens is 328 g/mol. The Labute approximate surface area is 150 Å². The highest BCUT2D eigenvalue weighted by atomic mass is 16.5. The van der Waals surface area contributed by atoms with Crippen LogP contribution in [0.15, 0.2) is 73.3 Å². The second-order valence-electron chi connectivity index (χ2n) is 5.79. The quantitative estimate of drug-likeness (QED) is 0.520. The summed E-state index contributed by atoms with van der Waals surface area (Å²) in [6.45, 7) is 0.715. The van der Waals surface area contributed by atoms with Gasteiger partial charge in [0.1, 0.15) is 24.1 Å². The molecule has 0 aliphatic rings. The van der Waals surface area contributed by atoms with E-state index in [1.165, 1.54) is 6.33 Å². The van der Waals surface area contributed by atoms with Gasteiger partial charge in [-0.3, -0.25) is 0 Å². The summed E-state index contributed by atoms with van der Waals surface area (Å²) in [5.74, 6) is -0.388. The summed E-state index contributed by atoms with van der Waals surface area (Å²) < 4.78 is 7.32. The van der Waals surface area contributed by atoms with Crippen LogP contribution in [0.4, 0.5) is 0 Å². The van der Waals surface area contributed by atoms with Crippen LogP contribution >= 0.6 is 0 Å². The summed E-state index contributed by atoms with van der Waals surface area (Å²) in [6, 6.07) is 19.0. The van der Waals surface area contributed by atoms with E-state index in [4.69, 9.17) is 4.74 Å². The molecule has 0 bridgehead atoms. The second-order valence-corrected chi connectivity index (χ2v) is 5.79. The lowest BCUT2D eigenvalue weighted by Gasteiger charge is -2.06. The minimum Gasteiger partial charge on any atom is -0.455 e. The highest BCUT2D eigenvalue weighted by Gasteiger charge is 2.13. The molecule has 0 saturated heterocycles. The molecule has 0 unspecified atom stereocenters. The number of nitrogens with zero attached hydrogens (tertiary/aromatic N) is 4. The highest BCUT2D eigenvalue weighted by molar-refractivity contribution is 5.89. The lowest BCUT2D eigenvalue weighted by Crippen LogP contribution is -2.07. The van der Waals surface area contributed by atoms with Crippen LogP contribution in [0.25, 0.3) is 11.2 Å². The lowest BCUT2D eigenvalue weighted by molar-refractivity contribution is 0.0469. The fraction of sp³-hybridized carbons (Fsp3) is 0.100. The minimum atomic E-state index is -0.388. The maximum Gasteiger partial charge on any atom is 0.338 e. The summed E-state index contributed by atoms with van der Waals surface area (Å²) >= 11 is 0. The number of ether oxygens (including phenoxy) is 1. The standard InChI is InChI=1S/C20H16N4O2/c25-20(16-9-5-2-6-10-16)26-12-17-18-19(22-13-21-17)24(14-23-18)11-15-7-3-1-4-8-15/h1-10,13-14H,11-12H2. The Morgan fingerprint density at radius 2 is 1.65 bits per heavy atom. The van der Waals surface area contributed by atoms with Crippen molar-refractivity contribution in [3.05, 3.63) is 90.1 Å². The molecule has 0 spiro atoms. The average molecular weight is 344 g/mol. The van der Waals surface area contributed by atoms with Crippen LogP contribution in [0.1, 0.15) is 21.6 Å². The first-order valence-corrected chi connectivity index (χ1v) is 8.22. The van der Waals surface area contributed by atoms with Crippen LogP contribution in [0.5, 0.6) is 0 Å². The van der Waals surface area contributed by atoms with E-state index in [0.717, 1.165) is 11.2 Å². The van der Waals surface area contributed by atoms with Crippen LogP contribution in [0.3, 0.4) is 0 Å². The van der Waals surface area contributed by atoms with E-state index >= 15 is 0 Å². The van der Waals surface area contributed by atoms with Crippen molar-refractivity contribution in [2.24, 2.45) is 0 Å². The van der Waals surface area contributed by atoms with Crippen molar-refractivity contribution in [2.45, 2.75) is 13.2 Å². The van der Waals surface area contributed by atoms with E-state index in [-0.39, 0.29) is 12.6 Å². The van der Waals surface area contributed by atoms with Crippen LogP contribution in [-0.4, -0.2) is 25.5 Å². The zero-order chi connectivity index (χ0) is 17.8. The fourth-order valence-corrected chi connectivity index (χ4v) is 2.72. The molecule has 0 fully saturated rings. The SMILES string of the molecule is O=C(OCc1ncnc2c1ncn2Cc1ccccc1)c1ccccc1. The van der Waals surface area contributed by atoms with Crippen LogP contribution in [-0.2, 0) is 17.9 Å². The largest absolute Gasteiger partial charge is 0.455 e. The number of fused-ring (bicyclic) bond motifs is 1. The van der Waals surface area contributed by atoms with Crippen molar-refractivity contribution in [1.29, 1.82) is 0 Å². The third kappa shape index (κ3) is 3.30. The summed E-state index contributed by atoms with van der Waals surface area (Å²) in [4.78, 5) is 25.1. The monoisotopic (exact) mass is 344 g/mol. The van der Waals surface area contributed by atoms with Gasteiger partial charge in [-0.1, -0.05) is 48.5 Å². The number of carbonyl (C=O) groups excluding carboxylic acids is 1. The molecule has 0 amide bonds. The second kappa shape index (κ2) is 7.14. The number of imidazole rings is 1. The van der Waals surface area contributed by atoms with Crippen LogP contribution < -0.4 is 0 Å². The van der Waals surface area contributed by atoms with Gasteiger partial charge in [0.25, 0.3) is 0 Å². The number of hydrogen-bond donors (Lipinski definition) is 0. The van der Waals surface area contributed by atoms with Crippen LogP contribution in [0.2, 0.25) is 0 Å². The molecule has 2 aromatic heterocycles. The van der Waals surface area contributed by atoms with Gasteiger partial charge < -0.3 is 9.30 Å². The molecule has 0 N–H and O–H groups in total. The van der Waals surface area contributed by atoms with Gasteiger partial charge in [0, 0.05) is 0 Å². The molecule has 0 aliphatic carbocycles. The predicted octanol–water partition coefficient (Wildman–Crippen LogP) is 3.23. The molecule has 2 heterocycles. The summed E-state index contributed by atoms with van der Waals surface area (Å²) in [7, 11) is 0. The summed E-state index contributed by atoms with van der Waals surface area (Å²) in [5, 5.41) is 0. The lowest BCUT2D eigenvalue weighted by atomic mass is 10.2. The van der Waals surface area contributed by atoms with E-state index in [0.29, 0.717) is 23.3 Å². The predicted molar refractivity (Wildman–Crippen MR) is 96.4 cm³/mol. The van der Waals surface area contributed by atoms with E-state index in [9.17, 15) is 4.79 Å². The number of aromatic nitrogens is 4. The van der Waals surface area contributed by atoms with Gasteiger partial charge in [-0.05, 0) is 17.7 Å². The van der Waals surface area contributed by atoms with E-state index in [1.54, 1.807) is 30.6 Å². The number of rotatable bonds is 5. The zero-order valence-electron chi connectivity index (χ0n) is 13.9. The van der Waals surface area contributed by atoms with Gasteiger partial charge in [-0.25, -0.2) is 19.7 Å². The third-order valence-corrected chi connectivity index (χ3v) is 4.02. The molecule has 0 atom stereocenters. The third-order valence-electron chi connectivity index (χ3n) is 4.02. The van der Waals surface area contributed by atoms with Crippen molar-refractivity contribution >= 4 is 17.1 Å². The maximum atomic E-state index is 12.1. The molecule has 0 aliphatic heterocycles. The summed E-state index contributed by atoms with van der Waals surface area (Å²) in [6.07, 6.45) is 3.20. The zero-order valence-corrected chi connectivity index (χ0v) is 13.9. The van der Waals surface area contributed by atoms with Gasteiger partial charge >= 0.3 is 5.97 Å². The molecule has 26 heavy (non-hydrogen) atoms. The Balaban J connectivity index is 1.54. The first-order valence-electron chi connectivity index (χ1n) is 8.22. The topological polar surface area (TPSA) is 69.9 Å². The highest BCUT2D eigenvalue weighted by Crippen LogP contribution is 2.16. The molecule has 2 aromatic carbocycles. The molecule has 6 heteroatoms. The normalized spacial score (nSPS) is 10.8. The molecule has 128 valence electrons. The maximum absolute atomic E-state index is 12.1. The van der Waals surface area contributed by atoms with Gasteiger partial charge in [0.05, 0.1) is 18.4 Å². The number of esters is 1. The molecule has 4 aromatic rings. The van der Waals surface area contributed by atoms with Crippen molar-refractivity contribution in [2.75, 3.05) is 0 Å². The van der Waals surface area contributed by atoms with Gasteiger partial charge in [-0.15, -0.1) is 0 Å². The van der Waals surface area contributed by atoms with Crippen molar-refractivity contribution < 1.29 is 9.53 Å². The molecule has 4 rings (SSSR count). The van der Waals surface area contributed by atoms with Gasteiger partial charge in [0.2, 0.25) is 0 Å². The Hall–Kier alpha value is -3.54. The number of benzene rings is 2. The fourth-order valence-electron chi connectivity index (χ4n) is 2.72. The summed E-state index contributed by atoms with van der Waals surface area (Å²) in [5.41, 5.74) is 3.61. The molecule has 0 saturated carbocycles. The van der Waals surface area contributed by atoms with E-state index in [1.807, 2.05) is 28.8 Å². The molecule has 0 radical (unpaired) electrons. The van der Waals surface area contributed by atoms with Gasteiger partial charge in [0.15, 0.2) is 5.65 Å². The molecule has 6 nitrogen and oxygen atoms in total. The van der Waals surface area contributed by atoms with Crippen LogP contribution in [0, 0.1) is 0 Å². The van der Waals surface area contributed by atoms with E-state index in [2.05, 4.69) is 27.1 Å². The Kier molecular flexibility index (Phi) is 4.38. The van der Waals surface area contributed by atoms with Crippen molar-refractivity contribution in [1.82, 2.24) is 19.5 Å². The van der Waals surface area contributed by atoms with E-state index < -0.39 is 0 Å². The van der Waals surface area contributed by atoms with Gasteiger partial charge in [-0.2, -0.15) is 0 Å². The van der Waals surface area contributed by atoms with Crippen molar-refractivity contribution in [3.63, 3.8) is 0 Å². The number of hydrogen-bond acceptors (Lipinski definition) is 5. The first-order chi connectivity index (χ1) is 12.8. The Bertz CT molecular complexity index is 1030. The number of carbonyl (C=O) groups is 1. The first kappa shape index (κ1) is 16.0. The molecular formula is C20H16N4O2. The van der Waals surface area contributed by atoms with Crippen molar-refractivity contribution in [3.8, 4) is 0 Å². The minimum absolute atomic E-state index is 0.0507. The Morgan fingerprint density at radius 3 is 2.42 bits per heavy atom. The average Bonchev–Trinajstić information content (AvgIpc) is 3.11. The smallest absolute Gasteiger partial charge is 0.338 e.